The number of rotatable bonds is 7. The van der Waals surface area contributed by atoms with Gasteiger partial charge in [-0.25, -0.2) is 9.98 Å². The van der Waals surface area contributed by atoms with Gasteiger partial charge in [-0.05, 0) is 38.5 Å². The molecule has 0 aliphatic rings. The van der Waals surface area contributed by atoms with Crippen molar-refractivity contribution >= 4 is 5.96 Å². The van der Waals surface area contributed by atoms with Crippen LogP contribution < -0.4 is 10.6 Å². The molecule has 22 heavy (non-hydrogen) atoms. The topological polar surface area (TPSA) is 62.5 Å². The number of aryl methyl sites for hydroxylation is 2. The van der Waals surface area contributed by atoms with Gasteiger partial charge < -0.3 is 15.1 Å². The molecule has 5 heteroatoms. The fourth-order valence-corrected chi connectivity index (χ4v) is 2.60. The lowest BCUT2D eigenvalue weighted by Crippen LogP contribution is -2.42. The smallest absolute Gasteiger partial charge is 0.216 e. The Hall–Kier alpha value is -1.52. The number of nitrogens with one attached hydrogen (secondary N) is 2. The Kier molecular flexibility index (Phi) is 6.91. The van der Waals surface area contributed by atoms with Crippen LogP contribution in [0, 0.1) is 25.2 Å². The average Bonchev–Trinajstić information content (AvgIpc) is 2.71. The second kappa shape index (κ2) is 8.20. The number of oxazole rings is 1. The van der Waals surface area contributed by atoms with Gasteiger partial charge in [-0.15, -0.1) is 0 Å². The summed E-state index contributed by atoms with van der Waals surface area (Å²) < 4.78 is 5.57. The number of nitrogens with zero attached hydrogens (tertiary/aromatic N) is 2. The first-order chi connectivity index (χ1) is 10.2. The molecule has 1 aromatic rings. The summed E-state index contributed by atoms with van der Waals surface area (Å²) in [4.78, 5) is 8.92. The molecule has 0 aromatic carbocycles. The summed E-state index contributed by atoms with van der Waals surface area (Å²) >= 11 is 0. The third kappa shape index (κ3) is 6.50. The number of hydrogen-bond donors (Lipinski definition) is 2. The van der Waals surface area contributed by atoms with Crippen LogP contribution >= 0.6 is 0 Å². The van der Waals surface area contributed by atoms with Crippen LogP contribution in [0.2, 0.25) is 0 Å². The van der Waals surface area contributed by atoms with E-state index in [1.54, 1.807) is 0 Å². The lowest BCUT2D eigenvalue weighted by atomic mass is 9.84. The fraction of sp³-hybridized carbons (Fsp3) is 0.765. The minimum atomic E-state index is 0.237. The molecule has 0 atom stereocenters. The van der Waals surface area contributed by atoms with Crippen LogP contribution in [0.15, 0.2) is 9.41 Å². The number of aliphatic imine (C=N–C) groups is 1. The molecule has 1 aromatic heterocycles. The van der Waals surface area contributed by atoms with Crippen LogP contribution in [0.5, 0.6) is 0 Å². The third-order valence-electron chi connectivity index (χ3n) is 3.48. The zero-order valence-corrected chi connectivity index (χ0v) is 15.2. The van der Waals surface area contributed by atoms with Crippen LogP contribution in [0.3, 0.4) is 0 Å². The van der Waals surface area contributed by atoms with Crippen LogP contribution in [0.1, 0.15) is 58.4 Å². The predicted molar refractivity (Wildman–Crippen MR) is 92.0 cm³/mol. The Bertz CT molecular complexity index is 469. The fourth-order valence-electron chi connectivity index (χ4n) is 2.60. The number of hydrogen-bond acceptors (Lipinski definition) is 3. The Morgan fingerprint density at radius 2 is 1.95 bits per heavy atom. The highest BCUT2D eigenvalue weighted by atomic mass is 16.4. The van der Waals surface area contributed by atoms with E-state index in [9.17, 15) is 0 Å². The molecule has 5 nitrogen and oxygen atoms in total. The van der Waals surface area contributed by atoms with E-state index in [0.29, 0.717) is 18.4 Å². The molecule has 1 heterocycles. The van der Waals surface area contributed by atoms with Crippen molar-refractivity contribution in [3.63, 3.8) is 0 Å². The maximum atomic E-state index is 5.57. The molecule has 0 fully saturated rings. The van der Waals surface area contributed by atoms with Crippen molar-refractivity contribution in [1.29, 1.82) is 0 Å². The number of aromatic nitrogens is 1. The molecular weight excluding hydrogens is 276 g/mol. The van der Waals surface area contributed by atoms with Crippen molar-refractivity contribution in [3.05, 3.63) is 17.3 Å². The van der Waals surface area contributed by atoms with Gasteiger partial charge in [-0.2, -0.15) is 0 Å². The van der Waals surface area contributed by atoms with Gasteiger partial charge in [-0.1, -0.05) is 27.7 Å². The zero-order valence-electron chi connectivity index (χ0n) is 15.2. The van der Waals surface area contributed by atoms with Crippen LogP contribution in [-0.4, -0.2) is 24.0 Å². The normalized spacial score (nSPS) is 12.8. The van der Waals surface area contributed by atoms with Crippen molar-refractivity contribution in [1.82, 2.24) is 15.6 Å². The third-order valence-corrected chi connectivity index (χ3v) is 3.48. The average molecular weight is 308 g/mol. The van der Waals surface area contributed by atoms with Gasteiger partial charge in [0.25, 0.3) is 0 Å². The van der Waals surface area contributed by atoms with Gasteiger partial charge >= 0.3 is 0 Å². The SMILES string of the molecule is CCNC(=NCc1nc(C)c(C)o1)NCC(C)(C)CC(C)C. The highest BCUT2D eigenvalue weighted by Gasteiger charge is 2.19. The van der Waals surface area contributed by atoms with Crippen LogP contribution in [-0.2, 0) is 6.54 Å². The summed E-state index contributed by atoms with van der Waals surface area (Å²) in [6.45, 7) is 17.2. The summed E-state index contributed by atoms with van der Waals surface area (Å²) in [7, 11) is 0. The van der Waals surface area contributed by atoms with E-state index in [1.807, 2.05) is 13.8 Å². The minimum absolute atomic E-state index is 0.237. The van der Waals surface area contributed by atoms with Crippen molar-refractivity contribution in [2.24, 2.45) is 16.3 Å². The second-order valence-electron chi connectivity index (χ2n) is 7.06. The Balaban J connectivity index is 2.62. The van der Waals surface area contributed by atoms with Gasteiger partial charge in [0.05, 0.1) is 5.69 Å². The van der Waals surface area contributed by atoms with Gasteiger partial charge in [0.15, 0.2) is 5.96 Å². The molecule has 2 N–H and O–H groups in total. The van der Waals surface area contributed by atoms with E-state index in [-0.39, 0.29) is 5.41 Å². The first-order valence-electron chi connectivity index (χ1n) is 8.18. The summed E-state index contributed by atoms with van der Waals surface area (Å²) in [5.41, 5.74) is 1.17. The summed E-state index contributed by atoms with van der Waals surface area (Å²) in [5.74, 6) is 3.03. The molecule has 0 aliphatic carbocycles. The Morgan fingerprint density at radius 1 is 1.27 bits per heavy atom. The molecule has 0 saturated carbocycles. The molecule has 0 spiro atoms. The highest BCUT2D eigenvalue weighted by Crippen LogP contribution is 2.23. The summed E-state index contributed by atoms with van der Waals surface area (Å²) in [5, 5.41) is 6.70. The molecule has 1 rings (SSSR count). The first kappa shape index (κ1) is 18.5. The Morgan fingerprint density at radius 3 is 2.45 bits per heavy atom. The van der Waals surface area contributed by atoms with E-state index in [0.717, 1.165) is 30.5 Å². The maximum absolute atomic E-state index is 5.57. The monoisotopic (exact) mass is 308 g/mol. The van der Waals surface area contributed by atoms with Crippen molar-refractivity contribution in [3.8, 4) is 0 Å². The van der Waals surface area contributed by atoms with Crippen LogP contribution in [0.4, 0.5) is 0 Å². The second-order valence-corrected chi connectivity index (χ2v) is 7.06. The first-order valence-corrected chi connectivity index (χ1v) is 8.18. The minimum Gasteiger partial charge on any atom is -0.444 e. The van der Waals surface area contributed by atoms with Gasteiger partial charge in [0.2, 0.25) is 5.89 Å². The van der Waals surface area contributed by atoms with Crippen molar-refractivity contribution in [2.45, 2.75) is 61.4 Å². The maximum Gasteiger partial charge on any atom is 0.216 e. The molecule has 126 valence electrons. The molecule has 0 bridgehead atoms. The summed E-state index contributed by atoms with van der Waals surface area (Å²) in [6, 6.07) is 0. The van der Waals surface area contributed by atoms with Crippen molar-refractivity contribution < 1.29 is 4.42 Å². The molecule has 0 saturated heterocycles. The zero-order chi connectivity index (χ0) is 16.8. The molecular formula is C17H32N4O. The lowest BCUT2D eigenvalue weighted by Gasteiger charge is -2.27. The predicted octanol–water partition coefficient (Wildman–Crippen LogP) is 3.42. The lowest BCUT2D eigenvalue weighted by molar-refractivity contribution is 0.286. The van der Waals surface area contributed by atoms with E-state index in [1.165, 1.54) is 6.42 Å². The number of guanidine groups is 1. The molecule has 0 unspecified atom stereocenters. The standard InChI is InChI=1S/C17H32N4O/c1-8-18-16(20-11-17(6,7)9-12(2)3)19-10-15-21-13(4)14(5)22-15/h12H,8-11H2,1-7H3,(H2,18,19,20). The van der Waals surface area contributed by atoms with Gasteiger partial charge in [-0.3, -0.25) is 0 Å². The van der Waals surface area contributed by atoms with E-state index in [2.05, 4.69) is 55.2 Å². The van der Waals surface area contributed by atoms with E-state index >= 15 is 0 Å². The van der Waals surface area contributed by atoms with Gasteiger partial charge in [0.1, 0.15) is 12.3 Å². The van der Waals surface area contributed by atoms with Crippen LogP contribution in [0.25, 0.3) is 0 Å². The quantitative estimate of drug-likeness (QED) is 0.598. The summed E-state index contributed by atoms with van der Waals surface area (Å²) in [6.07, 6.45) is 1.18. The van der Waals surface area contributed by atoms with Gasteiger partial charge in [0, 0.05) is 13.1 Å². The van der Waals surface area contributed by atoms with Crippen molar-refractivity contribution in [2.75, 3.05) is 13.1 Å². The highest BCUT2D eigenvalue weighted by molar-refractivity contribution is 5.79. The molecule has 0 aliphatic heterocycles. The van der Waals surface area contributed by atoms with E-state index in [4.69, 9.17) is 4.42 Å². The van der Waals surface area contributed by atoms with E-state index < -0.39 is 0 Å². The Labute approximate surface area is 135 Å². The molecule has 0 amide bonds. The molecule has 0 radical (unpaired) electrons. The largest absolute Gasteiger partial charge is 0.444 e.